The van der Waals surface area contributed by atoms with Gasteiger partial charge in [0.25, 0.3) is 11.6 Å². The molecule has 2 rings (SSSR count). The highest BCUT2D eigenvalue weighted by atomic mass is 35.5. The van der Waals surface area contributed by atoms with Crippen LogP contribution in [0.15, 0.2) is 47.4 Å². The number of halogens is 1. The van der Waals surface area contributed by atoms with E-state index in [0.717, 1.165) is 12.1 Å². The van der Waals surface area contributed by atoms with Crippen molar-refractivity contribution < 1.29 is 27.7 Å². The number of nitrogens with two attached hydrogens (primary N) is 1. The van der Waals surface area contributed by atoms with Crippen LogP contribution >= 0.6 is 11.6 Å². The molecule has 0 radical (unpaired) electrons. The highest BCUT2D eigenvalue weighted by Gasteiger charge is 2.23. The molecule has 0 saturated heterocycles. The molecule has 1 atom stereocenters. The van der Waals surface area contributed by atoms with Crippen molar-refractivity contribution in [2.75, 3.05) is 5.32 Å². The lowest BCUT2D eigenvalue weighted by Crippen LogP contribution is -2.30. The SMILES string of the molecule is C[C@@H](OC(=O)c1cc([N+](=O)[O-])ccc1Cl)C(=O)Nc1ccc(S(N)(=O)=O)cc1. The van der Waals surface area contributed by atoms with Crippen molar-refractivity contribution in [3.8, 4) is 0 Å². The predicted molar refractivity (Wildman–Crippen MR) is 99.4 cm³/mol. The number of nitro benzene ring substituents is 1. The molecule has 12 heteroatoms. The van der Waals surface area contributed by atoms with E-state index < -0.39 is 32.9 Å². The second kappa shape index (κ2) is 8.33. The van der Waals surface area contributed by atoms with Crippen molar-refractivity contribution >= 4 is 44.9 Å². The molecule has 0 aromatic heterocycles. The van der Waals surface area contributed by atoms with Gasteiger partial charge in [0.2, 0.25) is 10.0 Å². The van der Waals surface area contributed by atoms with E-state index in [1.54, 1.807) is 0 Å². The second-order valence-corrected chi connectivity index (χ2v) is 7.50. The molecule has 0 unspecified atom stereocenters. The molecule has 0 saturated carbocycles. The number of primary sulfonamides is 1. The minimum absolute atomic E-state index is 0.0678. The number of esters is 1. The van der Waals surface area contributed by atoms with E-state index in [1.165, 1.54) is 37.3 Å². The molecule has 0 bridgehead atoms. The van der Waals surface area contributed by atoms with Gasteiger partial charge < -0.3 is 10.1 Å². The lowest BCUT2D eigenvalue weighted by Gasteiger charge is -2.14. The molecule has 0 fully saturated rings. The van der Waals surface area contributed by atoms with Gasteiger partial charge in [0.15, 0.2) is 6.10 Å². The Labute approximate surface area is 164 Å². The fourth-order valence-corrected chi connectivity index (χ4v) is 2.74. The molecule has 2 aromatic carbocycles. The number of hydrogen-bond acceptors (Lipinski definition) is 7. The first-order valence-electron chi connectivity index (χ1n) is 7.57. The summed E-state index contributed by atoms with van der Waals surface area (Å²) in [6.07, 6.45) is -1.26. The number of benzene rings is 2. The average molecular weight is 428 g/mol. The summed E-state index contributed by atoms with van der Waals surface area (Å²) in [6.45, 7) is 1.29. The van der Waals surface area contributed by atoms with Gasteiger partial charge in [0.05, 0.1) is 20.4 Å². The van der Waals surface area contributed by atoms with Gasteiger partial charge in [-0.1, -0.05) is 11.6 Å². The zero-order chi connectivity index (χ0) is 21.1. The van der Waals surface area contributed by atoms with Crippen LogP contribution in [0.1, 0.15) is 17.3 Å². The summed E-state index contributed by atoms with van der Waals surface area (Å²) >= 11 is 5.86. The Kier molecular flexibility index (Phi) is 6.33. The van der Waals surface area contributed by atoms with Crippen molar-refractivity contribution in [3.63, 3.8) is 0 Å². The van der Waals surface area contributed by atoms with E-state index in [1.807, 2.05) is 0 Å². The van der Waals surface area contributed by atoms with Gasteiger partial charge in [-0.15, -0.1) is 0 Å². The van der Waals surface area contributed by atoms with Crippen molar-refractivity contribution in [2.24, 2.45) is 5.14 Å². The largest absolute Gasteiger partial charge is 0.449 e. The van der Waals surface area contributed by atoms with Crippen LogP contribution in [0.2, 0.25) is 5.02 Å². The summed E-state index contributed by atoms with van der Waals surface area (Å²) in [6, 6.07) is 8.26. The maximum Gasteiger partial charge on any atom is 0.340 e. The zero-order valence-electron chi connectivity index (χ0n) is 14.3. The van der Waals surface area contributed by atoms with E-state index in [0.29, 0.717) is 0 Å². The zero-order valence-corrected chi connectivity index (χ0v) is 15.9. The summed E-state index contributed by atoms with van der Waals surface area (Å²) in [7, 11) is -3.87. The highest BCUT2D eigenvalue weighted by Crippen LogP contribution is 2.23. The van der Waals surface area contributed by atoms with E-state index >= 15 is 0 Å². The third kappa shape index (κ3) is 5.25. The van der Waals surface area contributed by atoms with Crippen molar-refractivity contribution in [1.82, 2.24) is 0 Å². The number of hydrogen-bond donors (Lipinski definition) is 2. The van der Waals surface area contributed by atoms with Gasteiger partial charge in [-0.25, -0.2) is 18.4 Å². The normalized spacial score (nSPS) is 12.1. The number of nitro groups is 1. The van der Waals surface area contributed by atoms with Crippen LogP contribution in [0.25, 0.3) is 0 Å². The third-order valence-corrected chi connectivity index (χ3v) is 4.74. The van der Waals surface area contributed by atoms with Crippen molar-refractivity contribution in [2.45, 2.75) is 17.9 Å². The maximum atomic E-state index is 12.2. The first-order chi connectivity index (χ1) is 13.0. The van der Waals surface area contributed by atoms with Gasteiger partial charge in [0.1, 0.15) is 0 Å². The Morgan fingerprint density at radius 2 is 1.82 bits per heavy atom. The second-order valence-electron chi connectivity index (χ2n) is 5.53. The topological polar surface area (TPSA) is 159 Å². The Morgan fingerprint density at radius 3 is 2.36 bits per heavy atom. The van der Waals surface area contributed by atoms with Gasteiger partial charge in [-0.05, 0) is 37.3 Å². The minimum atomic E-state index is -3.87. The van der Waals surface area contributed by atoms with Crippen LogP contribution in [0, 0.1) is 10.1 Å². The van der Waals surface area contributed by atoms with Crippen LogP contribution < -0.4 is 10.5 Å². The maximum absolute atomic E-state index is 12.2. The van der Waals surface area contributed by atoms with Crippen LogP contribution in [0.4, 0.5) is 11.4 Å². The Hall–Kier alpha value is -3.02. The summed E-state index contributed by atoms with van der Waals surface area (Å²) in [4.78, 5) is 34.3. The molecule has 0 aliphatic carbocycles. The minimum Gasteiger partial charge on any atom is -0.449 e. The van der Waals surface area contributed by atoms with Crippen LogP contribution in [-0.2, 0) is 19.6 Å². The number of carbonyl (C=O) groups is 2. The standard InChI is InChI=1S/C16H14ClN3O7S/c1-9(15(21)19-10-2-5-12(6-3-10)28(18,25)26)27-16(22)13-8-11(20(23)24)4-7-14(13)17/h2-9H,1H3,(H,19,21)(H2,18,25,26)/t9-/m1/s1. The highest BCUT2D eigenvalue weighted by molar-refractivity contribution is 7.89. The number of non-ortho nitro benzene ring substituents is 1. The number of nitrogens with one attached hydrogen (secondary N) is 1. The smallest absolute Gasteiger partial charge is 0.340 e. The fourth-order valence-electron chi connectivity index (χ4n) is 2.03. The van der Waals surface area contributed by atoms with Gasteiger partial charge in [-0.2, -0.15) is 0 Å². The number of nitrogens with zero attached hydrogens (tertiary/aromatic N) is 1. The molecule has 0 aliphatic rings. The van der Waals surface area contributed by atoms with E-state index in [4.69, 9.17) is 21.5 Å². The monoisotopic (exact) mass is 427 g/mol. The molecule has 1 amide bonds. The summed E-state index contributed by atoms with van der Waals surface area (Å²) in [5.41, 5.74) is -0.370. The van der Waals surface area contributed by atoms with Crippen molar-refractivity contribution in [3.05, 3.63) is 63.2 Å². The molecule has 2 aromatic rings. The lowest BCUT2D eigenvalue weighted by molar-refractivity contribution is -0.384. The fraction of sp³-hybridized carbons (Fsp3) is 0.125. The Morgan fingerprint density at radius 1 is 1.21 bits per heavy atom. The quantitative estimate of drug-likeness (QED) is 0.405. The number of amides is 1. The Balaban J connectivity index is 2.07. The lowest BCUT2D eigenvalue weighted by atomic mass is 10.2. The summed E-state index contributed by atoms with van der Waals surface area (Å²) in [5.74, 6) is -1.72. The average Bonchev–Trinajstić information content (AvgIpc) is 2.61. The number of carbonyl (C=O) groups excluding carboxylic acids is 2. The predicted octanol–water partition coefficient (Wildman–Crippen LogP) is 2.08. The number of ether oxygens (including phenoxy) is 1. The van der Waals surface area contributed by atoms with Crippen molar-refractivity contribution in [1.29, 1.82) is 0 Å². The first-order valence-corrected chi connectivity index (χ1v) is 9.50. The molecule has 28 heavy (non-hydrogen) atoms. The molecular formula is C16H14ClN3O7S. The van der Waals surface area contributed by atoms with Crippen LogP contribution in [-0.4, -0.2) is 31.3 Å². The summed E-state index contributed by atoms with van der Waals surface area (Å²) < 4.78 is 27.4. The molecule has 0 spiro atoms. The molecule has 3 N–H and O–H groups in total. The van der Waals surface area contributed by atoms with Gasteiger partial charge in [-0.3, -0.25) is 14.9 Å². The van der Waals surface area contributed by atoms with E-state index in [2.05, 4.69) is 5.32 Å². The molecule has 10 nitrogen and oxygen atoms in total. The third-order valence-electron chi connectivity index (χ3n) is 3.48. The number of sulfonamides is 1. The van der Waals surface area contributed by atoms with Gasteiger partial charge in [0, 0.05) is 17.8 Å². The number of rotatable bonds is 6. The molecular weight excluding hydrogens is 414 g/mol. The van der Waals surface area contributed by atoms with E-state index in [-0.39, 0.29) is 26.9 Å². The Bertz CT molecular complexity index is 1040. The van der Waals surface area contributed by atoms with E-state index in [9.17, 15) is 28.1 Å². The molecule has 0 heterocycles. The number of anilines is 1. The molecule has 0 aliphatic heterocycles. The summed E-state index contributed by atoms with van der Waals surface area (Å²) in [5, 5.41) is 18.2. The first kappa shape index (κ1) is 21.3. The van der Waals surface area contributed by atoms with Crippen LogP contribution in [0.5, 0.6) is 0 Å². The van der Waals surface area contributed by atoms with Crippen LogP contribution in [0.3, 0.4) is 0 Å². The molecule has 148 valence electrons. The van der Waals surface area contributed by atoms with Gasteiger partial charge >= 0.3 is 5.97 Å².